The van der Waals surface area contributed by atoms with Gasteiger partial charge in [-0.2, -0.15) is 0 Å². The molecular formula is C23H15N3. The third-order valence-electron chi connectivity index (χ3n) is 5.18. The molecule has 6 rings (SSSR count). The molecule has 3 nitrogen and oxygen atoms in total. The van der Waals surface area contributed by atoms with Gasteiger partial charge in [0.05, 0.1) is 27.6 Å². The predicted molar refractivity (Wildman–Crippen MR) is 108 cm³/mol. The van der Waals surface area contributed by atoms with Crippen LogP contribution in [0.25, 0.3) is 49.4 Å². The van der Waals surface area contributed by atoms with Crippen molar-refractivity contribution in [1.29, 1.82) is 0 Å². The standard InChI is InChI=1S/C23H15N3/c1-2-7-15(8-3-1)26-19-11-5-4-9-16(19)21-20(26)13-12-17-22-18(25-23(17)21)10-6-14-24-22/h1-14,25H. The van der Waals surface area contributed by atoms with Crippen molar-refractivity contribution in [3.05, 3.63) is 85.1 Å². The maximum absolute atomic E-state index is 4.58. The van der Waals surface area contributed by atoms with Crippen molar-refractivity contribution in [3.8, 4) is 5.69 Å². The largest absolute Gasteiger partial charge is 0.353 e. The molecule has 6 aromatic rings. The molecule has 3 heteroatoms. The van der Waals surface area contributed by atoms with Crippen molar-refractivity contribution >= 4 is 43.7 Å². The van der Waals surface area contributed by atoms with Crippen molar-refractivity contribution in [2.75, 3.05) is 0 Å². The molecule has 3 heterocycles. The Morgan fingerprint density at radius 3 is 2.46 bits per heavy atom. The molecule has 0 radical (unpaired) electrons. The lowest BCUT2D eigenvalue weighted by atomic mass is 10.1. The summed E-state index contributed by atoms with van der Waals surface area (Å²) in [6.45, 7) is 0. The molecule has 122 valence electrons. The fourth-order valence-electron chi connectivity index (χ4n) is 4.10. The number of fused-ring (bicyclic) bond motifs is 7. The second-order valence-electron chi connectivity index (χ2n) is 6.59. The van der Waals surface area contributed by atoms with Gasteiger partial charge in [0.25, 0.3) is 0 Å². The highest BCUT2D eigenvalue weighted by Crippen LogP contribution is 2.38. The number of para-hydroxylation sites is 2. The van der Waals surface area contributed by atoms with Gasteiger partial charge in [-0.25, -0.2) is 0 Å². The van der Waals surface area contributed by atoms with E-state index in [4.69, 9.17) is 0 Å². The van der Waals surface area contributed by atoms with E-state index in [-0.39, 0.29) is 0 Å². The van der Waals surface area contributed by atoms with E-state index in [0.717, 1.165) is 16.6 Å². The molecule has 0 saturated carbocycles. The molecule has 3 aromatic heterocycles. The lowest BCUT2D eigenvalue weighted by Gasteiger charge is -2.07. The van der Waals surface area contributed by atoms with Crippen LogP contribution in [-0.2, 0) is 0 Å². The first-order valence-electron chi connectivity index (χ1n) is 8.76. The minimum absolute atomic E-state index is 1.03. The van der Waals surface area contributed by atoms with E-state index in [1.54, 1.807) is 0 Å². The number of aromatic amines is 1. The number of pyridine rings is 1. The molecule has 1 N–H and O–H groups in total. The molecule has 0 atom stereocenters. The quantitative estimate of drug-likeness (QED) is 0.404. The smallest absolute Gasteiger partial charge is 0.0957 e. The van der Waals surface area contributed by atoms with E-state index in [1.807, 2.05) is 12.3 Å². The Morgan fingerprint density at radius 2 is 1.54 bits per heavy atom. The van der Waals surface area contributed by atoms with Gasteiger partial charge in [-0.15, -0.1) is 0 Å². The Hall–Kier alpha value is -3.59. The number of aromatic nitrogens is 3. The summed E-state index contributed by atoms with van der Waals surface area (Å²) in [7, 11) is 0. The zero-order valence-electron chi connectivity index (χ0n) is 14.0. The highest BCUT2D eigenvalue weighted by atomic mass is 15.0. The van der Waals surface area contributed by atoms with Crippen molar-refractivity contribution in [2.45, 2.75) is 0 Å². The van der Waals surface area contributed by atoms with Gasteiger partial charge >= 0.3 is 0 Å². The van der Waals surface area contributed by atoms with Gasteiger partial charge in [-0.3, -0.25) is 4.98 Å². The summed E-state index contributed by atoms with van der Waals surface area (Å²) >= 11 is 0. The summed E-state index contributed by atoms with van der Waals surface area (Å²) < 4.78 is 2.34. The second kappa shape index (κ2) is 4.96. The van der Waals surface area contributed by atoms with Gasteiger partial charge in [0, 0.05) is 28.0 Å². The fourth-order valence-corrected chi connectivity index (χ4v) is 4.10. The second-order valence-corrected chi connectivity index (χ2v) is 6.59. The van der Waals surface area contributed by atoms with Gasteiger partial charge in [0.2, 0.25) is 0 Å². The normalized spacial score (nSPS) is 11.8. The van der Waals surface area contributed by atoms with E-state index in [9.17, 15) is 0 Å². The average Bonchev–Trinajstić information content (AvgIpc) is 3.24. The van der Waals surface area contributed by atoms with Gasteiger partial charge < -0.3 is 9.55 Å². The SMILES string of the molecule is c1ccc(-n2c3ccccc3c3c4[nH]c5cccnc5c4ccc32)cc1. The van der Waals surface area contributed by atoms with E-state index in [0.29, 0.717) is 0 Å². The first-order chi connectivity index (χ1) is 12.9. The van der Waals surface area contributed by atoms with Crippen LogP contribution in [0.1, 0.15) is 0 Å². The highest BCUT2D eigenvalue weighted by molar-refractivity contribution is 6.24. The molecule has 26 heavy (non-hydrogen) atoms. The molecule has 0 amide bonds. The van der Waals surface area contributed by atoms with E-state index >= 15 is 0 Å². The summed E-state index contributed by atoms with van der Waals surface area (Å²) in [5.74, 6) is 0. The summed E-state index contributed by atoms with van der Waals surface area (Å²) in [5, 5.41) is 3.67. The van der Waals surface area contributed by atoms with Crippen molar-refractivity contribution < 1.29 is 0 Å². The van der Waals surface area contributed by atoms with Gasteiger partial charge in [0.1, 0.15) is 0 Å². The van der Waals surface area contributed by atoms with E-state index < -0.39 is 0 Å². The minimum atomic E-state index is 1.03. The third-order valence-corrected chi connectivity index (χ3v) is 5.18. The van der Waals surface area contributed by atoms with Crippen molar-refractivity contribution in [3.63, 3.8) is 0 Å². The highest BCUT2D eigenvalue weighted by Gasteiger charge is 2.16. The molecule has 0 bridgehead atoms. The van der Waals surface area contributed by atoms with Crippen LogP contribution in [0.3, 0.4) is 0 Å². The van der Waals surface area contributed by atoms with Crippen LogP contribution in [0.5, 0.6) is 0 Å². The van der Waals surface area contributed by atoms with Gasteiger partial charge in [-0.1, -0.05) is 36.4 Å². The lowest BCUT2D eigenvalue weighted by molar-refractivity contribution is 1.18. The first-order valence-corrected chi connectivity index (χ1v) is 8.76. The van der Waals surface area contributed by atoms with E-state index in [1.165, 1.54) is 32.9 Å². The third kappa shape index (κ3) is 1.69. The predicted octanol–water partition coefficient (Wildman–Crippen LogP) is 5.81. The van der Waals surface area contributed by atoms with Crippen LogP contribution >= 0.6 is 0 Å². The molecule has 0 fully saturated rings. The molecule has 0 unspecified atom stereocenters. The Kier molecular flexibility index (Phi) is 2.61. The molecule has 0 saturated heterocycles. The zero-order chi connectivity index (χ0) is 17.1. The number of nitrogens with zero attached hydrogens (tertiary/aromatic N) is 2. The monoisotopic (exact) mass is 333 g/mol. The molecule has 3 aromatic carbocycles. The number of H-pyrrole nitrogens is 1. The molecule has 0 aliphatic rings. The number of rotatable bonds is 1. The topological polar surface area (TPSA) is 33.6 Å². The molecule has 0 aliphatic heterocycles. The Bertz CT molecular complexity index is 1420. The lowest BCUT2D eigenvalue weighted by Crippen LogP contribution is -1.92. The number of benzene rings is 3. The van der Waals surface area contributed by atoms with Crippen LogP contribution in [0, 0.1) is 0 Å². The number of nitrogens with one attached hydrogen (secondary N) is 1. The first kappa shape index (κ1) is 13.7. The van der Waals surface area contributed by atoms with E-state index in [2.05, 4.69) is 87.3 Å². The zero-order valence-corrected chi connectivity index (χ0v) is 14.0. The summed E-state index contributed by atoms with van der Waals surface area (Å²) in [5.41, 5.74) is 6.85. The maximum atomic E-state index is 4.58. The van der Waals surface area contributed by atoms with Crippen LogP contribution in [0.2, 0.25) is 0 Å². The summed E-state index contributed by atoms with van der Waals surface area (Å²) in [6.07, 6.45) is 1.85. The van der Waals surface area contributed by atoms with Crippen LogP contribution in [0.15, 0.2) is 85.1 Å². The summed E-state index contributed by atoms with van der Waals surface area (Å²) in [4.78, 5) is 8.19. The van der Waals surface area contributed by atoms with Crippen LogP contribution in [0.4, 0.5) is 0 Å². The van der Waals surface area contributed by atoms with Gasteiger partial charge in [-0.05, 0) is 42.5 Å². The van der Waals surface area contributed by atoms with Crippen molar-refractivity contribution in [1.82, 2.24) is 14.5 Å². The number of hydrogen-bond acceptors (Lipinski definition) is 1. The summed E-state index contributed by atoms with van der Waals surface area (Å²) in [6, 6.07) is 27.6. The van der Waals surface area contributed by atoms with Crippen LogP contribution in [-0.4, -0.2) is 14.5 Å². The maximum Gasteiger partial charge on any atom is 0.0957 e. The van der Waals surface area contributed by atoms with Crippen LogP contribution < -0.4 is 0 Å². The Balaban J connectivity index is 1.89. The molecule has 0 aliphatic carbocycles. The fraction of sp³-hybridized carbons (Fsp3) is 0. The number of hydrogen-bond donors (Lipinski definition) is 1. The van der Waals surface area contributed by atoms with Gasteiger partial charge in [0.15, 0.2) is 0 Å². The molecule has 0 spiro atoms. The van der Waals surface area contributed by atoms with Crippen molar-refractivity contribution in [2.24, 2.45) is 0 Å². The Morgan fingerprint density at radius 1 is 0.692 bits per heavy atom. The average molecular weight is 333 g/mol. The Labute approximate surface area is 149 Å². The molecular weight excluding hydrogens is 318 g/mol. The minimum Gasteiger partial charge on any atom is -0.353 e.